The number of furan rings is 1. The Morgan fingerprint density at radius 2 is 1.59 bits per heavy atom. The van der Waals surface area contributed by atoms with Crippen LogP contribution in [0.4, 0.5) is 13.2 Å². The Morgan fingerprint density at radius 1 is 0.882 bits per heavy atom. The fraction of sp³-hybridized carbons (Fsp3) is 0.0769. The maximum absolute atomic E-state index is 12.9. The van der Waals surface area contributed by atoms with Gasteiger partial charge >= 0.3 is 6.18 Å². The molecule has 3 aromatic carbocycles. The first kappa shape index (κ1) is 22.8. The Labute approximate surface area is 193 Å². The van der Waals surface area contributed by atoms with Crippen LogP contribution in [-0.4, -0.2) is 18.7 Å². The molecule has 0 spiro atoms. The quantitative estimate of drug-likeness (QED) is 0.263. The molecule has 5 nitrogen and oxygen atoms in total. The summed E-state index contributed by atoms with van der Waals surface area (Å²) in [7, 11) is 0. The summed E-state index contributed by atoms with van der Waals surface area (Å²) in [5.41, 5.74) is 3.94. The largest absolute Gasteiger partial charge is 0.484 e. The Hall–Kier alpha value is -4.33. The van der Waals surface area contributed by atoms with E-state index in [0.29, 0.717) is 5.75 Å². The molecule has 4 rings (SSSR count). The number of hydrogen-bond donors (Lipinski definition) is 1. The van der Waals surface area contributed by atoms with Crippen LogP contribution in [0.5, 0.6) is 5.75 Å². The van der Waals surface area contributed by atoms with Gasteiger partial charge in [-0.1, -0.05) is 54.6 Å². The number of benzene rings is 3. The normalized spacial score (nSPS) is 11.5. The number of nitrogens with one attached hydrogen (secondary N) is 1. The second-order valence-corrected chi connectivity index (χ2v) is 7.25. The number of carbonyl (C=O) groups is 1. The standard InChI is InChI=1S/C26H19F3N2O3/c27-26(28,29)21-8-4-7-20(15-21)24-14-13-23(34-24)16-30-31-25(32)17-33-22-11-9-19(10-12-22)18-5-2-1-3-6-18/h1-16H,17H2,(H,31,32)/b30-16+. The average molecular weight is 464 g/mol. The predicted molar refractivity (Wildman–Crippen MR) is 122 cm³/mol. The molecule has 0 fully saturated rings. The molecule has 0 saturated heterocycles. The SMILES string of the molecule is O=C(COc1ccc(-c2ccccc2)cc1)N/N=C/c1ccc(-c2cccc(C(F)(F)F)c2)o1. The summed E-state index contributed by atoms with van der Waals surface area (Å²) < 4.78 is 49.6. The fourth-order valence-corrected chi connectivity index (χ4v) is 3.15. The van der Waals surface area contributed by atoms with Crippen LogP contribution in [0.2, 0.25) is 0 Å². The highest BCUT2D eigenvalue weighted by molar-refractivity contribution is 5.81. The molecule has 34 heavy (non-hydrogen) atoms. The molecule has 1 heterocycles. The van der Waals surface area contributed by atoms with Crippen LogP contribution in [-0.2, 0) is 11.0 Å². The Balaban J connectivity index is 1.28. The van der Waals surface area contributed by atoms with Gasteiger partial charge in [0.2, 0.25) is 0 Å². The molecule has 8 heteroatoms. The second kappa shape index (κ2) is 10.1. The molecule has 0 saturated carbocycles. The van der Waals surface area contributed by atoms with Crippen LogP contribution in [0.1, 0.15) is 11.3 Å². The zero-order valence-electron chi connectivity index (χ0n) is 17.8. The molecular weight excluding hydrogens is 445 g/mol. The highest BCUT2D eigenvalue weighted by Gasteiger charge is 2.30. The first-order chi connectivity index (χ1) is 16.4. The van der Waals surface area contributed by atoms with Gasteiger partial charge in [-0.25, -0.2) is 5.43 Å². The summed E-state index contributed by atoms with van der Waals surface area (Å²) in [4.78, 5) is 12.0. The monoisotopic (exact) mass is 464 g/mol. The van der Waals surface area contributed by atoms with E-state index >= 15 is 0 Å². The van der Waals surface area contributed by atoms with Crippen molar-refractivity contribution in [2.45, 2.75) is 6.18 Å². The van der Waals surface area contributed by atoms with Crippen LogP contribution in [0, 0.1) is 0 Å². The van der Waals surface area contributed by atoms with Gasteiger partial charge in [0.25, 0.3) is 5.91 Å². The third-order valence-corrected chi connectivity index (χ3v) is 4.81. The Morgan fingerprint density at radius 3 is 2.32 bits per heavy atom. The lowest BCUT2D eigenvalue weighted by molar-refractivity contribution is -0.137. The van der Waals surface area contributed by atoms with E-state index in [1.165, 1.54) is 30.5 Å². The molecule has 1 aromatic heterocycles. The minimum atomic E-state index is -4.44. The van der Waals surface area contributed by atoms with Crippen molar-refractivity contribution >= 4 is 12.1 Å². The van der Waals surface area contributed by atoms with Crippen LogP contribution in [0.25, 0.3) is 22.5 Å². The lowest BCUT2D eigenvalue weighted by Crippen LogP contribution is -2.24. The van der Waals surface area contributed by atoms with E-state index in [4.69, 9.17) is 9.15 Å². The molecule has 0 aliphatic heterocycles. The van der Waals surface area contributed by atoms with E-state index in [9.17, 15) is 18.0 Å². The number of ether oxygens (including phenoxy) is 1. The summed E-state index contributed by atoms with van der Waals surface area (Å²) in [5, 5.41) is 3.79. The number of rotatable bonds is 7. The van der Waals surface area contributed by atoms with Crippen LogP contribution < -0.4 is 10.2 Å². The van der Waals surface area contributed by atoms with Crippen LogP contribution >= 0.6 is 0 Å². The summed E-state index contributed by atoms with van der Waals surface area (Å²) in [5.74, 6) is 0.579. The first-order valence-electron chi connectivity index (χ1n) is 10.3. The summed E-state index contributed by atoms with van der Waals surface area (Å²) in [6.45, 7) is -0.240. The van der Waals surface area contributed by atoms with Gasteiger partial charge in [0.05, 0.1) is 11.8 Å². The Bertz CT molecular complexity index is 1280. The third kappa shape index (κ3) is 5.92. The lowest BCUT2D eigenvalue weighted by Gasteiger charge is -2.07. The van der Waals surface area contributed by atoms with E-state index in [1.54, 1.807) is 12.1 Å². The van der Waals surface area contributed by atoms with Gasteiger partial charge in [-0.2, -0.15) is 18.3 Å². The zero-order chi connectivity index (χ0) is 24.0. The van der Waals surface area contributed by atoms with Crippen molar-refractivity contribution in [3.05, 3.63) is 102 Å². The second-order valence-electron chi connectivity index (χ2n) is 7.25. The molecule has 0 unspecified atom stereocenters. The van der Waals surface area contributed by atoms with Gasteiger partial charge in [0, 0.05) is 5.56 Å². The van der Waals surface area contributed by atoms with Gasteiger partial charge in [-0.3, -0.25) is 4.79 Å². The van der Waals surface area contributed by atoms with E-state index < -0.39 is 17.6 Å². The summed E-state index contributed by atoms with van der Waals surface area (Å²) >= 11 is 0. The van der Waals surface area contributed by atoms with Gasteiger partial charge < -0.3 is 9.15 Å². The number of carbonyl (C=O) groups excluding carboxylic acids is 1. The molecule has 4 aromatic rings. The van der Waals surface area contributed by atoms with Crippen molar-refractivity contribution in [3.8, 4) is 28.2 Å². The molecule has 0 aliphatic rings. The van der Waals surface area contributed by atoms with Crippen molar-refractivity contribution in [3.63, 3.8) is 0 Å². The van der Waals surface area contributed by atoms with Gasteiger partial charge in [-0.15, -0.1) is 0 Å². The molecular formula is C26H19F3N2O3. The van der Waals surface area contributed by atoms with E-state index in [2.05, 4.69) is 10.5 Å². The van der Waals surface area contributed by atoms with Crippen molar-refractivity contribution in [1.29, 1.82) is 0 Å². The molecule has 0 atom stereocenters. The molecule has 1 N–H and O–H groups in total. The van der Waals surface area contributed by atoms with Gasteiger partial charge in [0.1, 0.15) is 17.3 Å². The average Bonchev–Trinajstić information content (AvgIpc) is 3.32. The highest BCUT2D eigenvalue weighted by Crippen LogP contribution is 2.32. The maximum Gasteiger partial charge on any atom is 0.416 e. The molecule has 0 radical (unpaired) electrons. The molecule has 172 valence electrons. The molecule has 1 amide bonds. The van der Waals surface area contributed by atoms with Crippen molar-refractivity contribution < 1.29 is 27.1 Å². The molecule has 0 aliphatic carbocycles. The Kier molecular flexibility index (Phi) is 6.77. The first-order valence-corrected chi connectivity index (χ1v) is 10.3. The summed E-state index contributed by atoms with van der Waals surface area (Å²) in [6.07, 6.45) is -3.19. The molecule has 0 bridgehead atoms. The van der Waals surface area contributed by atoms with Crippen LogP contribution in [0.3, 0.4) is 0 Å². The number of halogens is 3. The smallest absolute Gasteiger partial charge is 0.416 e. The number of hydrazone groups is 1. The fourth-order valence-electron chi connectivity index (χ4n) is 3.15. The minimum absolute atomic E-state index is 0.240. The van der Waals surface area contributed by atoms with Gasteiger partial charge in [0.15, 0.2) is 6.61 Å². The predicted octanol–water partition coefficient (Wildman–Crippen LogP) is 6.16. The van der Waals surface area contributed by atoms with Crippen molar-refractivity contribution in [2.75, 3.05) is 6.61 Å². The van der Waals surface area contributed by atoms with E-state index in [-0.39, 0.29) is 23.7 Å². The van der Waals surface area contributed by atoms with Crippen molar-refractivity contribution in [2.24, 2.45) is 5.10 Å². The maximum atomic E-state index is 12.9. The van der Waals surface area contributed by atoms with Gasteiger partial charge in [-0.05, 0) is 47.5 Å². The summed E-state index contributed by atoms with van der Waals surface area (Å²) in [6, 6.07) is 25.1. The third-order valence-electron chi connectivity index (χ3n) is 4.81. The van der Waals surface area contributed by atoms with Crippen molar-refractivity contribution in [1.82, 2.24) is 5.43 Å². The topological polar surface area (TPSA) is 63.8 Å². The van der Waals surface area contributed by atoms with E-state index in [0.717, 1.165) is 23.3 Å². The van der Waals surface area contributed by atoms with E-state index in [1.807, 2.05) is 42.5 Å². The minimum Gasteiger partial charge on any atom is -0.484 e. The number of nitrogens with zero attached hydrogens (tertiary/aromatic N) is 1. The number of amides is 1. The number of alkyl halides is 3. The highest BCUT2D eigenvalue weighted by atomic mass is 19.4. The van der Waals surface area contributed by atoms with Crippen LogP contribution in [0.15, 0.2) is 101 Å². The lowest BCUT2D eigenvalue weighted by atomic mass is 10.1. The zero-order valence-corrected chi connectivity index (χ0v) is 17.8. The number of hydrogen-bond acceptors (Lipinski definition) is 4.